The Kier molecular flexibility index (Phi) is 17.6. The van der Waals surface area contributed by atoms with Gasteiger partial charge in [-0.05, 0) is 196 Å². The summed E-state index contributed by atoms with van der Waals surface area (Å²) in [6.45, 7) is 4.04. The quantitative estimate of drug-likeness (QED) is 0.0533. The van der Waals surface area contributed by atoms with Crippen molar-refractivity contribution in [3.63, 3.8) is 0 Å². The predicted molar refractivity (Wildman–Crippen MR) is 402 cm³/mol. The number of nitrogens with one attached hydrogen (secondary N) is 1. The molecule has 7 aromatic carbocycles. The number of fused-ring (bicyclic) bond motifs is 4. The minimum absolute atomic E-state index is 0.00248. The van der Waals surface area contributed by atoms with E-state index in [4.69, 9.17) is 9.15 Å². The maximum atomic E-state index is 16.1. The number of piperidine rings is 1. The number of aliphatic hydroxyl groups excluding tert-OH is 4. The summed E-state index contributed by atoms with van der Waals surface area (Å²) in [6, 6.07) is 32.7. The first-order chi connectivity index (χ1) is 48.0. The number of benzene rings is 7. The van der Waals surface area contributed by atoms with Crippen molar-refractivity contribution >= 4 is 92.3 Å². The molecule has 2 saturated heterocycles. The van der Waals surface area contributed by atoms with Gasteiger partial charge >= 0.3 is 0 Å². The lowest BCUT2D eigenvalue weighted by molar-refractivity contribution is -0.122. The molecule has 14 aliphatic rings. The van der Waals surface area contributed by atoms with Gasteiger partial charge in [-0.15, -0.1) is 0 Å². The molecule has 19 heteroatoms. The summed E-state index contributed by atoms with van der Waals surface area (Å²) in [5.74, 6) is -0.00637. The van der Waals surface area contributed by atoms with Crippen LogP contribution in [0.2, 0.25) is 0 Å². The van der Waals surface area contributed by atoms with Crippen LogP contribution in [-0.2, 0) is 52.8 Å². The zero-order chi connectivity index (χ0) is 67.9. The molecule has 0 unspecified atom stereocenters. The van der Waals surface area contributed by atoms with Crippen molar-refractivity contribution in [2.45, 2.75) is 160 Å². The van der Waals surface area contributed by atoms with Gasteiger partial charge in [0.2, 0.25) is 11.2 Å². The number of ether oxygens (including phenoxy) is 1. The zero-order valence-electron chi connectivity index (χ0n) is 55.2. The highest BCUT2D eigenvalue weighted by Crippen LogP contribution is 2.65. The van der Waals surface area contributed by atoms with Crippen LogP contribution in [0.5, 0.6) is 28.7 Å². The Balaban J connectivity index is 0.940. The van der Waals surface area contributed by atoms with Crippen LogP contribution in [0.4, 0.5) is 0 Å². The number of Topliss-reactive ketones (excluding diaryl/α,β-unsaturated/α-hetero) is 1. The second kappa shape index (κ2) is 26.2. The number of aromatic hydroxyl groups is 4. The van der Waals surface area contributed by atoms with Crippen molar-refractivity contribution in [3.8, 4) is 51.2 Å². The van der Waals surface area contributed by atoms with Gasteiger partial charge in [0, 0.05) is 83.1 Å². The van der Waals surface area contributed by atoms with Crippen molar-refractivity contribution in [1.29, 1.82) is 0 Å². The average Bonchev–Trinajstić information content (AvgIpc) is 1.09. The van der Waals surface area contributed by atoms with Crippen LogP contribution >= 0.6 is 64.8 Å². The van der Waals surface area contributed by atoms with E-state index in [2.05, 4.69) is 92.0 Å². The maximum Gasteiger partial charge on any atom is 0.238 e. The summed E-state index contributed by atoms with van der Waals surface area (Å²) in [4.78, 5) is 31.8. The standard InChI is InChI=1S/C80H81NO12S6/c1-39(2)23-48-29-54-57-36-96-98-65-31-47-25-40-8-4-11-49(26-40)79(38-97-95-37-59(47)81-71(65)45-9-3-7-41(24-45)27-53(57)72(48)87)19-17-51(77(79)90)43-13-14-46(61(85)30-43)35-80-58-16-15-44-28-42(10-5-20-82)50(18-21-83)52-32-55-67(69(58)66(44)52)56(78(80)91)33-63(60(84)12-6-22-94-99-80)92-76-68(55)62(86)34-64-70(76)73(88)74(89)75(54)93-64/h3-4,7-9,11,13-17,19,24,26,29-30,32,34,39,42,47,50-51,56,59-60,63,65,71,78,81-87,89,91H,5-6,10,12,18,20-23,25,27-28,31,33,35-38H2,1-2H3/t42-,47-,50-,51+,56+,59+,60-,63+,65+,71-,78-,79+,80-/m1/s1. The lowest BCUT2D eigenvalue weighted by Gasteiger charge is -2.49. The summed E-state index contributed by atoms with van der Waals surface area (Å²) in [5, 5.41) is 106. The lowest BCUT2D eigenvalue weighted by Crippen LogP contribution is -2.50. The molecule has 13 nitrogen and oxygen atoms in total. The minimum atomic E-state index is -1.22. The SMILES string of the molecule is CC(C)Cc1cc2c3c(c1O)Cc1cccc(c1)[C@H]1N[C@H]4CSSC[C@@]5(C=C[C@H](C5=O)c5ccc(c(O)c5)C[C@@]56SSCCC[C@@H](O)[C@@H]7C[C@@H](c8c(cc9c%10c(ccc5c8%10)C[C@@H](CCCO)[C@H]9CCO)-c5c(O)cc8oc-2c(O)c(=O)c8c5O7)[C@H]6O)c2cccc(c2)C[C@@H]4C[C@@H]1SSC3. The normalized spacial score (nSPS) is 28.9. The Labute approximate surface area is 599 Å². The average molecular weight is 1440 g/mol. The molecule has 9 N–H and O–H groups in total. The van der Waals surface area contributed by atoms with Gasteiger partial charge in [0.1, 0.15) is 40.1 Å². The molecule has 22 bridgehead atoms. The fourth-order valence-electron chi connectivity index (χ4n) is 18.7. The number of aliphatic hydroxyl groups is 4. The number of phenols is 3. The van der Waals surface area contributed by atoms with Crippen LogP contribution in [0.1, 0.15) is 155 Å². The van der Waals surface area contributed by atoms with Crippen LogP contribution in [0.15, 0.2) is 118 Å². The fraction of sp³-hybridized carbons (Fsp3) is 0.425. The third-order valence-corrected chi connectivity index (χ3v) is 31.9. The predicted octanol–water partition coefficient (Wildman–Crippen LogP) is 15.3. The molecule has 0 radical (unpaired) electrons. The number of allylic oxidation sites excluding steroid dienone is 2. The second-order valence-corrected chi connectivity index (χ2v) is 37.5. The van der Waals surface area contributed by atoms with Crippen LogP contribution in [0.25, 0.3) is 44.2 Å². The zero-order valence-corrected chi connectivity index (χ0v) is 60.1. The highest BCUT2D eigenvalue weighted by atomic mass is 33.1. The van der Waals surface area contributed by atoms with E-state index in [9.17, 15) is 40.9 Å². The third kappa shape index (κ3) is 11.0. The molecular weight excluding hydrogens is 1360 g/mol. The van der Waals surface area contributed by atoms with E-state index in [1.165, 1.54) is 6.07 Å². The van der Waals surface area contributed by atoms with E-state index < -0.39 is 51.5 Å². The van der Waals surface area contributed by atoms with Crippen LogP contribution in [0, 0.1) is 17.8 Å². The van der Waals surface area contributed by atoms with Crippen molar-refractivity contribution in [3.05, 3.63) is 192 Å². The lowest BCUT2D eigenvalue weighted by atomic mass is 9.62. The van der Waals surface area contributed by atoms with E-state index in [0.717, 1.165) is 68.3 Å². The topological polar surface area (TPSA) is 230 Å². The first-order valence-corrected chi connectivity index (χ1v) is 42.4. The fourth-order valence-corrected chi connectivity index (χ4v) is 27.8. The number of carbonyl (C=O) groups is 1. The smallest absolute Gasteiger partial charge is 0.238 e. The van der Waals surface area contributed by atoms with Crippen molar-refractivity contribution in [2.24, 2.45) is 17.8 Å². The van der Waals surface area contributed by atoms with Gasteiger partial charge in [0.25, 0.3) is 0 Å². The summed E-state index contributed by atoms with van der Waals surface area (Å²) < 4.78 is 13.2. The molecule has 1 aromatic heterocycles. The van der Waals surface area contributed by atoms with Crippen molar-refractivity contribution in [2.75, 3.05) is 30.5 Å². The number of ketones is 1. The van der Waals surface area contributed by atoms with Gasteiger partial charge in [0.05, 0.1) is 33.9 Å². The molecule has 0 amide bonds. The summed E-state index contributed by atoms with van der Waals surface area (Å²) in [7, 11) is 10.2. The van der Waals surface area contributed by atoms with E-state index in [0.29, 0.717) is 113 Å². The van der Waals surface area contributed by atoms with Crippen LogP contribution in [-0.4, -0.2) is 107 Å². The molecule has 12 heterocycles. The number of carbonyl (C=O) groups excluding carboxylic acids is 1. The van der Waals surface area contributed by atoms with Gasteiger partial charge in [-0.1, -0.05) is 164 Å². The molecule has 8 aromatic rings. The summed E-state index contributed by atoms with van der Waals surface area (Å²) in [5.41, 5.74) is 10.3. The number of hydrogen-bond donors (Lipinski definition) is 9. The van der Waals surface area contributed by atoms with Gasteiger partial charge in [-0.2, -0.15) is 0 Å². The Morgan fingerprint density at radius 3 is 2.45 bits per heavy atom. The van der Waals surface area contributed by atoms with Gasteiger partial charge in [-0.25, -0.2) is 0 Å². The molecule has 2 fully saturated rings. The molecule has 3 aliphatic carbocycles. The Morgan fingerprint density at radius 1 is 0.768 bits per heavy atom. The molecule has 0 saturated carbocycles. The van der Waals surface area contributed by atoms with Crippen LogP contribution in [0.3, 0.4) is 0 Å². The third-order valence-electron chi connectivity index (χ3n) is 23.4. The van der Waals surface area contributed by atoms with Crippen molar-refractivity contribution in [1.82, 2.24) is 5.32 Å². The number of hydrogen-bond acceptors (Lipinski definition) is 19. The molecule has 13 atom stereocenters. The molecular formula is C80H81NO12S6. The summed E-state index contributed by atoms with van der Waals surface area (Å²) in [6.07, 6.45) is 6.53. The van der Waals surface area contributed by atoms with E-state index >= 15 is 9.59 Å². The van der Waals surface area contributed by atoms with E-state index in [1.54, 1.807) is 60.0 Å². The van der Waals surface area contributed by atoms with Gasteiger partial charge < -0.3 is 55.3 Å². The van der Waals surface area contributed by atoms with Gasteiger partial charge in [0.15, 0.2) is 11.5 Å². The molecule has 11 aliphatic heterocycles. The van der Waals surface area contributed by atoms with Crippen LogP contribution < -0.4 is 15.5 Å². The largest absolute Gasteiger partial charge is 0.508 e. The highest BCUT2D eigenvalue weighted by molar-refractivity contribution is 8.77. The highest BCUT2D eigenvalue weighted by Gasteiger charge is 2.55. The first kappa shape index (κ1) is 66.6. The Bertz CT molecular complexity index is 4710. The van der Waals surface area contributed by atoms with E-state index in [-0.39, 0.29) is 118 Å². The van der Waals surface area contributed by atoms with Crippen molar-refractivity contribution < 1.29 is 54.8 Å². The number of phenolic OH excluding ortho intramolecular Hbond substituents is 3. The maximum absolute atomic E-state index is 16.1. The molecule has 514 valence electrons. The molecule has 2 spiro atoms. The first-order valence-electron chi connectivity index (χ1n) is 35.2. The second-order valence-electron chi connectivity index (χ2n) is 29.7. The monoisotopic (exact) mass is 1440 g/mol. The number of rotatable bonds is 7. The Morgan fingerprint density at radius 2 is 1.62 bits per heavy atom. The minimum Gasteiger partial charge on any atom is -0.508 e. The summed E-state index contributed by atoms with van der Waals surface area (Å²) >= 11 is 0. The van der Waals surface area contributed by atoms with Gasteiger partial charge in [-0.3, -0.25) is 9.59 Å². The Hall–Kier alpha value is -5.68. The van der Waals surface area contributed by atoms with E-state index in [1.807, 2.05) is 35.1 Å². The molecule has 22 rings (SSSR count). The molecule has 99 heavy (non-hydrogen) atoms.